The zero-order valence-electron chi connectivity index (χ0n) is 13.2. The van der Waals surface area contributed by atoms with Gasteiger partial charge in [-0.25, -0.2) is 9.97 Å². The molecular formula is C16H16N6O2. The number of hydrogen-bond acceptors (Lipinski definition) is 7. The molecule has 8 nitrogen and oxygen atoms in total. The number of nitrogens with one attached hydrogen (secondary N) is 3. The van der Waals surface area contributed by atoms with E-state index in [0.29, 0.717) is 28.9 Å². The van der Waals surface area contributed by atoms with Gasteiger partial charge >= 0.3 is 0 Å². The molecule has 0 spiro atoms. The van der Waals surface area contributed by atoms with E-state index in [1.54, 1.807) is 12.1 Å². The Balaban J connectivity index is 1.73. The van der Waals surface area contributed by atoms with Crippen LogP contribution in [0.1, 0.15) is 12.7 Å². The number of anilines is 5. The Morgan fingerprint density at radius 2 is 1.75 bits per heavy atom. The van der Waals surface area contributed by atoms with Crippen molar-refractivity contribution in [2.24, 2.45) is 0 Å². The van der Waals surface area contributed by atoms with E-state index in [9.17, 15) is 4.79 Å². The van der Waals surface area contributed by atoms with Crippen LogP contribution < -0.4 is 16.0 Å². The fourth-order valence-electron chi connectivity index (χ4n) is 2.08. The number of nitrogens with zero attached hydrogens (tertiary/aromatic N) is 3. The highest BCUT2D eigenvalue weighted by atomic mass is 16.5. The van der Waals surface area contributed by atoms with Crippen LogP contribution in [0.5, 0.6) is 0 Å². The Bertz CT molecular complexity index is 861. The maximum Gasteiger partial charge on any atom is 0.221 e. The minimum Gasteiger partial charge on any atom is -0.360 e. The number of carbonyl (C=O) groups excluding carboxylic acids is 1. The van der Waals surface area contributed by atoms with Crippen LogP contribution in [-0.2, 0) is 4.79 Å². The lowest BCUT2D eigenvalue weighted by atomic mass is 10.2. The molecule has 0 aliphatic carbocycles. The van der Waals surface area contributed by atoms with Gasteiger partial charge in [-0.1, -0.05) is 11.2 Å². The Hall–Kier alpha value is -3.42. The van der Waals surface area contributed by atoms with Crippen molar-refractivity contribution in [3.63, 3.8) is 0 Å². The predicted molar refractivity (Wildman–Crippen MR) is 90.6 cm³/mol. The highest BCUT2D eigenvalue weighted by Gasteiger charge is 2.04. The summed E-state index contributed by atoms with van der Waals surface area (Å²) in [6.07, 6.45) is 1.44. The summed E-state index contributed by atoms with van der Waals surface area (Å²) in [7, 11) is 0. The Labute approximate surface area is 138 Å². The molecule has 8 heteroatoms. The summed E-state index contributed by atoms with van der Waals surface area (Å²) in [5.74, 6) is 2.35. The van der Waals surface area contributed by atoms with Crippen LogP contribution in [0.25, 0.3) is 0 Å². The van der Waals surface area contributed by atoms with E-state index in [4.69, 9.17) is 4.52 Å². The Morgan fingerprint density at radius 1 is 1.00 bits per heavy atom. The monoisotopic (exact) mass is 324 g/mol. The molecular weight excluding hydrogens is 308 g/mol. The van der Waals surface area contributed by atoms with Gasteiger partial charge in [0, 0.05) is 30.4 Å². The average Bonchev–Trinajstić information content (AvgIpc) is 2.92. The van der Waals surface area contributed by atoms with Crippen LogP contribution in [0.15, 0.2) is 47.2 Å². The Kier molecular flexibility index (Phi) is 4.37. The van der Waals surface area contributed by atoms with Crippen LogP contribution in [0, 0.1) is 6.92 Å². The molecule has 0 atom stereocenters. The van der Waals surface area contributed by atoms with Gasteiger partial charge in [-0.15, -0.1) is 0 Å². The third kappa shape index (κ3) is 4.07. The summed E-state index contributed by atoms with van der Waals surface area (Å²) in [5.41, 5.74) is 1.50. The fourth-order valence-corrected chi connectivity index (χ4v) is 2.08. The first-order valence-electron chi connectivity index (χ1n) is 7.25. The zero-order valence-corrected chi connectivity index (χ0v) is 13.2. The van der Waals surface area contributed by atoms with Crippen molar-refractivity contribution in [3.05, 3.63) is 48.5 Å². The van der Waals surface area contributed by atoms with Crippen molar-refractivity contribution in [1.29, 1.82) is 0 Å². The number of benzene rings is 1. The molecule has 0 aliphatic heterocycles. The first-order chi connectivity index (χ1) is 11.6. The predicted octanol–water partition coefficient (Wildman–Crippen LogP) is 3.22. The molecule has 0 bridgehead atoms. The van der Waals surface area contributed by atoms with Crippen molar-refractivity contribution in [3.8, 4) is 0 Å². The van der Waals surface area contributed by atoms with Gasteiger partial charge in [0.1, 0.15) is 23.7 Å². The average molecular weight is 324 g/mol. The quantitative estimate of drug-likeness (QED) is 0.661. The van der Waals surface area contributed by atoms with Crippen molar-refractivity contribution < 1.29 is 9.32 Å². The number of hydrogen-bond donors (Lipinski definition) is 3. The molecule has 0 saturated heterocycles. The van der Waals surface area contributed by atoms with Crippen molar-refractivity contribution >= 4 is 34.7 Å². The van der Waals surface area contributed by atoms with Crippen molar-refractivity contribution in [1.82, 2.24) is 15.1 Å². The lowest BCUT2D eigenvalue weighted by molar-refractivity contribution is -0.114. The number of amides is 1. The molecule has 0 fully saturated rings. The van der Waals surface area contributed by atoms with Gasteiger partial charge in [0.15, 0.2) is 5.82 Å². The minimum atomic E-state index is -0.122. The smallest absolute Gasteiger partial charge is 0.221 e. The lowest BCUT2D eigenvalue weighted by Crippen LogP contribution is -2.06. The molecule has 0 aliphatic rings. The van der Waals surface area contributed by atoms with Crippen LogP contribution in [-0.4, -0.2) is 21.0 Å². The summed E-state index contributed by atoms with van der Waals surface area (Å²) in [5, 5.41) is 12.8. The van der Waals surface area contributed by atoms with E-state index >= 15 is 0 Å². The molecule has 2 heterocycles. The van der Waals surface area contributed by atoms with E-state index in [2.05, 4.69) is 31.1 Å². The first kappa shape index (κ1) is 15.5. The topological polar surface area (TPSA) is 105 Å². The van der Waals surface area contributed by atoms with Crippen LogP contribution >= 0.6 is 0 Å². The van der Waals surface area contributed by atoms with Crippen LogP contribution in [0.4, 0.5) is 28.8 Å². The third-order valence-corrected chi connectivity index (χ3v) is 3.01. The summed E-state index contributed by atoms with van der Waals surface area (Å²) >= 11 is 0. The molecule has 3 N–H and O–H groups in total. The summed E-state index contributed by atoms with van der Waals surface area (Å²) in [4.78, 5) is 19.4. The van der Waals surface area contributed by atoms with Gasteiger partial charge in [0.05, 0.1) is 0 Å². The molecule has 24 heavy (non-hydrogen) atoms. The summed E-state index contributed by atoms with van der Waals surface area (Å²) in [6, 6.07) is 10.9. The Morgan fingerprint density at radius 3 is 2.46 bits per heavy atom. The van der Waals surface area contributed by atoms with Gasteiger partial charge in [0.25, 0.3) is 0 Å². The van der Waals surface area contributed by atoms with Gasteiger partial charge in [-0.3, -0.25) is 4.79 Å². The standard InChI is InChI=1S/C16H16N6O2/c1-10-6-16(22-24-10)21-15-8-14(17-9-18-15)20-13-5-3-4-12(7-13)19-11(2)23/h3-9H,1-2H3,(H,19,23)(H2,17,18,20,21,22). The van der Waals surface area contributed by atoms with E-state index in [-0.39, 0.29) is 5.91 Å². The van der Waals surface area contributed by atoms with Gasteiger partial charge in [0.2, 0.25) is 5.91 Å². The van der Waals surface area contributed by atoms with E-state index in [0.717, 1.165) is 5.69 Å². The molecule has 3 rings (SSSR count). The largest absolute Gasteiger partial charge is 0.360 e. The van der Waals surface area contributed by atoms with Gasteiger partial charge in [-0.05, 0) is 25.1 Å². The molecule has 0 saturated carbocycles. The molecule has 1 amide bonds. The molecule has 2 aromatic heterocycles. The molecule has 3 aromatic rings. The minimum absolute atomic E-state index is 0.122. The highest BCUT2D eigenvalue weighted by Crippen LogP contribution is 2.21. The highest BCUT2D eigenvalue weighted by molar-refractivity contribution is 5.89. The van der Waals surface area contributed by atoms with Crippen molar-refractivity contribution in [2.45, 2.75) is 13.8 Å². The second kappa shape index (κ2) is 6.78. The van der Waals surface area contributed by atoms with E-state index in [1.807, 2.05) is 31.2 Å². The van der Waals surface area contributed by atoms with Gasteiger partial charge < -0.3 is 20.5 Å². The summed E-state index contributed by atoms with van der Waals surface area (Å²) < 4.78 is 5.00. The van der Waals surface area contributed by atoms with E-state index in [1.165, 1.54) is 13.3 Å². The SMILES string of the molecule is CC(=O)Nc1cccc(Nc2cc(Nc3cc(C)on3)ncn2)c1. The number of aromatic nitrogens is 3. The molecule has 1 aromatic carbocycles. The normalized spacial score (nSPS) is 10.2. The number of aryl methyl sites for hydroxylation is 1. The van der Waals surface area contributed by atoms with Gasteiger partial charge in [-0.2, -0.15) is 0 Å². The van der Waals surface area contributed by atoms with Crippen LogP contribution in [0.3, 0.4) is 0 Å². The number of carbonyl (C=O) groups is 1. The second-order valence-corrected chi connectivity index (χ2v) is 5.12. The van der Waals surface area contributed by atoms with E-state index < -0.39 is 0 Å². The molecule has 0 radical (unpaired) electrons. The fraction of sp³-hybridized carbons (Fsp3) is 0.125. The maximum atomic E-state index is 11.1. The third-order valence-electron chi connectivity index (χ3n) is 3.01. The van der Waals surface area contributed by atoms with Crippen molar-refractivity contribution in [2.75, 3.05) is 16.0 Å². The molecule has 0 unspecified atom stereocenters. The molecule has 122 valence electrons. The van der Waals surface area contributed by atoms with Crippen LogP contribution in [0.2, 0.25) is 0 Å². The lowest BCUT2D eigenvalue weighted by Gasteiger charge is -2.09. The summed E-state index contributed by atoms with van der Waals surface area (Å²) in [6.45, 7) is 3.28. The second-order valence-electron chi connectivity index (χ2n) is 5.12. The number of rotatable bonds is 5. The zero-order chi connectivity index (χ0) is 16.9. The maximum absolute atomic E-state index is 11.1. The first-order valence-corrected chi connectivity index (χ1v) is 7.25.